The molecule has 0 saturated heterocycles. The van der Waals surface area contributed by atoms with E-state index in [4.69, 9.17) is 4.74 Å². The lowest BCUT2D eigenvalue weighted by Gasteiger charge is -2.30. The van der Waals surface area contributed by atoms with Crippen LogP contribution in [0.3, 0.4) is 0 Å². The maximum absolute atomic E-state index is 12.1. The molecule has 1 aliphatic heterocycles. The van der Waals surface area contributed by atoms with Crippen molar-refractivity contribution in [2.24, 2.45) is 0 Å². The van der Waals surface area contributed by atoms with Crippen LogP contribution in [0.25, 0.3) is 11.5 Å². The molecule has 2 aromatic heterocycles. The Morgan fingerprint density at radius 1 is 1.36 bits per heavy atom. The van der Waals surface area contributed by atoms with Crippen LogP contribution in [0.5, 0.6) is 0 Å². The second kappa shape index (κ2) is 5.42. The molecule has 0 bridgehead atoms. The largest absolute Gasteiger partial charge is 0.444 e. The van der Waals surface area contributed by atoms with Crippen LogP contribution >= 0.6 is 15.9 Å². The van der Waals surface area contributed by atoms with Gasteiger partial charge in [0.2, 0.25) is 0 Å². The standard InChI is InChI=1S/C14H18BrN5O2/c1-14(2,3)22-13(21)19-4-5-20-11(8-19)17-18-12(20)10-6-9(15)7-16-10/h6-7,16H,4-5,8H2,1-3H3. The quantitative estimate of drug-likeness (QED) is 0.840. The summed E-state index contributed by atoms with van der Waals surface area (Å²) in [6.07, 6.45) is 1.54. The molecule has 0 saturated carbocycles. The fourth-order valence-corrected chi connectivity index (χ4v) is 2.68. The zero-order chi connectivity index (χ0) is 15.9. The molecule has 7 nitrogen and oxygen atoms in total. The zero-order valence-corrected chi connectivity index (χ0v) is 14.3. The second-order valence-electron chi connectivity index (χ2n) is 6.22. The monoisotopic (exact) mass is 367 g/mol. The fraction of sp³-hybridized carbons (Fsp3) is 0.500. The summed E-state index contributed by atoms with van der Waals surface area (Å²) in [7, 11) is 0. The summed E-state index contributed by atoms with van der Waals surface area (Å²) >= 11 is 3.41. The Bertz CT molecular complexity index is 700. The van der Waals surface area contributed by atoms with Gasteiger partial charge in [0.1, 0.15) is 5.60 Å². The molecule has 0 spiro atoms. The van der Waals surface area contributed by atoms with Crippen molar-refractivity contribution in [3.05, 3.63) is 22.6 Å². The van der Waals surface area contributed by atoms with Crippen LogP contribution in [0.1, 0.15) is 26.6 Å². The first kappa shape index (κ1) is 15.1. The summed E-state index contributed by atoms with van der Waals surface area (Å²) in [6.45, 7) is 7.21. The Kier molecular flexibility index (Phi) is 3.72. The molecule has 0 aromatic carbocycles. The molecule has 0 fully saturated rings. The normalized spacial score (nSPS) is 14.8. The van der Waals surface area contributed by atoms with Crippen molar-refractivity contribution in [1.82, 2.24) is 24.6 Å². The first-order valence-corrected chi connectivity index (χ1v) is 7.87. The number of amides is 1. The van der Waals surface area contributed by atoms with Gasteiger partial charge in [0, 0.05) is 23.8 Å². The van der Waals surface area contributed by atoms with Gasteiger partial charge in [-0.15, -0.1) is 10.2 Å². The molecule has 0 unspecified atom stereocenters. The lowest BCUT2D eigenvalue weighted by Crippen LogP contribution is -2.41. The van der Waals surface area contributed by atoms with Crippen molar-refractivity contribution >= 4 is 22.0 Å². The molecular formula is C14H18BrN5O2. The Hall–Kier alpha value is -1.83. The lowest BCUT2D eigenvalue weighted by atomic mass is 10.2. The number of rotatable bonds is 1. The van der Waals surface area contributed by atoms with Crippen molar-refractivity contribution in [2.75, 3.05) is 6.54 Å². The molecule has 2 aromatic rings. The van der Waals surface area contributed by atoms with Crippen LogP contribution in [-0.4, -0.2) is 42.9 Å². The van der Waals surface area contributed by atoms with Gasteiger partial charge in [0.15, 0.2) is 11.6 Å². The number of aromatic nitrogens is 4. The van der Waals surface area contributed by atoms with Crippen molar-refractivity contribution in [3.8, 4) is 11.5 Å². The molecule has 0 atom stereocenters. The molecule has 8 heteroatoms. The molecule has 3 heterocycles. The summed E-state index contributed by atoms with van der Waals surface area (Å²) in [5.74, 6) is 1.54. The van der Waals surface area contributed by atoms with Gasteiger partial charge in [-0.2, -0.15) is 0 Å². The van der Waals surface area contributed by atoms with Crippen molar-refractivity contribution in [3.63, 3.8) is 0 Å². The van der Waals surface area contributed by atoms with Gasteiger partial charge < -0.3 is 14.3 Å². The smallest absolute Gasteiger partial charge is 0.410 e. The van der Waals surface area contributed by atoms with E-state index in [0.29, 0.717) is 19.6 Å². The first-order valence-electron chi connectivity index (χ1n) is 7.08. The molecule has 0 radical (unpaired) electrons. The molecule has 1 aliphatic rings. The van der Waals surface area contributed by atoms with E-state index < -0.39 is 5.60 Å². The highest BCUT2D eigenvalue weighted by atomic mass is 79.9. The van der Waals surface area contributed by atoms with Crippen LogP contribution in [0.4, 0.5) is 4.79 Å². The summed E-state index contributed by atoms with van der Waals surface area (Å²) < 4.78 is 8.40. The Balaban J connectivity index is 1.78. The first-order chi connectivity index (χ1) is 10.3. The van der Waals surface area contributed by atoms with E-state index in [2.05, 4.69) is 31.1 Å². The van der Waals surface area contributed by atoms with E-state index in [1.807, 2.05) is 37.6 Å². The minimum Gasteiger partial charge on any atom is -0.444 e. The molecule has 1 N–H and O–H groups in total. The number of halogens is 1. The number of carbonyl (C=O) groups is 1. The van der Waals surface area contributed by atoms with E-state index in [9.17, 15) is 4.79 Å². The minimum atomic E-state index is -0.496. The second-order valence-corrected chi connectivity index (χ2v) is 7.14. The number of aromatic amines is 1. The molecule has 1 amide bonds. The van der Waals surface area contributed by atoms with Crippen LogP contribution in [0.15, 0.2) is 16.7 Å². The number of nitrogens with zero attached hydrogens (tertiary/aromatic N) is 4. The van der Waals surface area contributed by atoms with Crippen molar-refractivity contribution < 1.29 is 9.53 Å². The average Bonchev–Trinajstić information content (AvgIpc) is 3.01. The third-order valence-electron chi connectivity index (χ3n) is 3.29. The van der Waals surface area contributed by atoms with Gasteiger partial charge in [-0.1, -0.05) is 0 Å². The highest BCUT2D eigenvalue weighted by Gasteiger charge is 2.28. The summed E-state index contributed by atoms with van der Waals surface area (Å²) in [6, 6.07) is 1.96. The minimum absolute atomic E-state index is 0.314. The predicted molar refractivity (Wildman–Crippen MR) is 84.2 cm³/mol. The number of ether oxygens (including phenoxy) is 1. The molecular weight excluding hydrogens is 350 g/mol. The van der Waals surface area contributed by atoms with E-state index >= 15 is 0 Å². The number of nitrogens with one attached hydrogen (secondary N) is 1. The van der Waals surface area contributed by atoms with Crippen LogP contribution in [0, 0.1) is 0 Å². The topological polar surface area (TPSA) is 76.0 Å². The average molecular weight is 368 g/mol. The number of carbonyl (C=O) groups excluding carboxylic acids is 1. The summed E-state index contributed by atoms with van der Waals surface area (Å²) in [5.41, 5.74) is 0.403. The molecule has 118 valence electrons. The number of hydrogen-bond acceptors (Lipinski definition) is 4. The van der Waals surface area contributed by atoms with Gasteiger partial charge in [-0.05, 0) is 42.8 Å². The molecule has 0 aliphatic carbocycles. The summed E-state index contributed by atoms with van der Waals surface area (Å²) in [4.78, 5) is 16.9. The van der Waals surface area contributed by atoms with Crippen LogP contribution < -0.4 is 0 Å². The maximum Gasteiger partial charge on any atom is 0.410 e. The Morgan fingerprint density at radius 3 is 2.77 bits per heavy atom. The van der Waals surface area contributed by atoms with Gasteiger partial charge >= 0.3 is 6.09 Å². The van der Waals surface area contributed by atoms with Crippen LogP contribution in [-0.2, 0) is 17.8 Å². The van der Waals surface area contributed by atoms with Crippen molar-refractivity contribution in [1.29, 1.82) is 0 Å². The third kappa shape index (κ3) is 3.01. The number of H-pyrrole nitrogens is 1. The Labute approximate surface area is 136 Å². The molecule has 22 heavy (non-hydrogen) atoms. The van der Waals surface area contributed by atoms with Gasteiger partial charge in [-0.25, -0.2) is 4.79 Å². The third-order valence-corrected chi connectivity index (χ3v) is 3.75. The lowest BCUT2D eigenvalue weighted by molar-refractivity contribution is 0.0196. The highest BCUT2D eigenvalue weighted by molar-refractivity contribution is 9.10. The number of hydrogen-bond donors (Lipinski definition) is 1. The highest BCUT2D eigenvalue weighted by Crippen LogP contribution is 2.24. The van der Waals surface area contributed by atoms with Crippen molar-refractivity contribution in [2.45, 2.75) is 39.5 Å². The van der Waals surface area contributed by atoms with Gasteiger partial charge in [0.05, 0.1) is 12.2 Å². The maximum atomic E-state index is 12.1. The van der Waals surface area contributed by atoms with Gasteiger partial charge in [-0.3, -0.25) is 4.90 Å². The van der Waals surface area contributed by atoms with E-state index in [1.54, 1.807) is 4.90 Å². The van der Waals surface area contributed by atoms with E-state index in [-0.39, 0.29) is 6.09 Å². The zero-order valence-electron chi connectivity index (χ0n) is 12.8. The Morgan fingerprint density at radius 2 is 2.14 bits per heavy atom. The van der Waals surface area contributed by atoms with E-state index in [0.717, 1.165) is 21.8 Å². The van der Waals surface area contributed by atoms with Gasteiger partial charge in [0.25, 0.3) is 0 Å². The fourth-order valence-electron chi connectivity index (χ4n) is 2.34. The van der Waals surface area contributed by atoms with Crippen LogP contribution in [0.2, 0.25) is 0 Å². The predicted octanol–water partition coefficient (Wildman–Crippen LogP) is 2.79. The molecule has 3 rings (SSSR count). The SMILES string of the molecule is CC(C)(C)OC(=O)N1CCn2c(nnc2-c2cc(Br)c[nH]2)C1. The summed E-state index contributed by atoms with van der Waals surface area (Å²) in [5, 5.41) is 8.43. The number of fused-ring (bicyclic) bond motifs is 1. The van der Waals surface area contributed by atoms with E-state index in [1.165, 1.54) is 0 Å².